The van der Waals surface area contributed by atoms with Gasteiger partial charge in [0.25, 0.3) is 0 Å². The van der Waals surface area contributed by atoms with E-state index in [0.29, 0.717) is 16.8 Å². The average molecular weight is 318 g/mol. The first kappa shape index (κ1) is 16.9. The van der Waals surface area contributed by atoms with E-state index in [1.54, 1.807) is 19.1 Å². The molecule has 3 N–H and O–H groups in total. The fourth-order valence-electron chi connectivity index (χ4n) is 2.28. The summed E-state index contributed by atoms with van der Waals surface area (Å²) in [6.45, 7) is 7.82. The van der Waals surface area contributed by atoms with Crippen LogP contribution in [0.3, 0.4) is 0 Å². The Morgan fingerprint density at radius 3 is 2.65 bits per heavy atom. The Kier molecular flexibility index (Phi) is 4.63. The van der Waals surface area contributed by atoms with Gasteiger partial charge in [-0.15, -0.1) is 0 Å². The number of nitrogens with one attached hydrogen (secondary N) is 2. The minimum absolute atomic E-state index is 0.0651. The van der Waals surface area contributed by atoms with Gasteiger partial charge in [0.2, 0.25) is 0 Å². The van der Waals surface area contributed by atoms with E-state index in [4.69, 9.17) is 4.74 Å². The zero-order valence-electron chi connectivity index (χ0n) is 13.8. The number of phenols is 1. The smallest absolute Gasteiger partial charge is 0.338 e. The third-order valence-corrected chi connectivity index (χ3v) is 3.33. The van der Waals surface area contributed by atoms with Gasteiger partial charge in [0.15, 0.2) is 0 Å². The molecule has 0 saturated carbocycles. The normalized spacial score (nSPS) is 18.3. The highest BCUT2D eigenvalue weighted by molar-refractivity contribution is 5.95. The number of rotatable bonds is 3. The van der Waals surface area contributed by atoms with Gasteiger partial charge in [-0.25, -0.2) is 9.59 Å². The first-order valence-electron chi connectivity index (χ1n) is 7.42. The van der Waals surface area contributed by atoms with E-state index in [-0.39, 0.29) is 17.8 Å². The maximum absolute atomic E-state index is 12.5. The van der Waals surface area contributed by atoms with Crippen molar-refractivity contribution in [3.05, 3.63) is 41.1 Å². The molecular weight excluding hydrogens is 296 g/mol. The van der Waals surface area contributed by atoms with Gasteiger partial charge in [-0.05, 0) is 30.0 Å². The van der Waals surface area contributed by atoms with Crippen molar-refractivity contribution in [3.8, 4) is 5.75 Å². The van der Waals surface area contributed by atoms with Crippen LogP contribution >= 0.6 is 0 Å². The molecule has 1 aromatic rings. The number of urea groups is 1. The predicted octanol–water partition coefficient (Wildman–Crippen LogP) is 2.61. The molecule has 124 valence electrons. The molecule has 2 rings (SSSR count). The summed E-state index contributed by atoms with van der Waals surface area (Å²) in [7, 11) is 0. The summed E-state index contributed by atoms with van der Waals surface area (Å²) in [6.07, 6.45) is 0. The Labute approximate surface area is 135 Å². The molecule has 1 heterocycles. The first-order valence-corrected chi connectivity index (χ1v) is 7.42. The Morgan fingerprint density at radius 1 is 1.35 bits per heavy atom. The summed E-state index contributed by atoms with van der Waals surface area (Å²) in [5.41, 5.74) is 1.23. The molecule has 0 bridgehead atoms. The molecule has 0 aliphatic carbocycles. The topological polar surface area (TPSA) is 87.7 Å². The molecule has 1 aromatic carbocycles. The molecule has 6 heteroatoms. The largest absolute Gasteiger partial charge is 0.508 e. The lowest BCUT2D eigenvalue weighted by Gasteiger charge is -2.29. The van der Waals surface area contributed by atoms with Gasteiger partial charge in [-0.3, -0.25) is 0 Å². The molecule has 2 amide bonds. The molecule has 0 spiro atoms. The van der Waals surface area contributed by atoms with E-state index in [1.807, 2.05) is 20.8 Å². The molecule has 1 atom stereocenters. The predicted molar refractivity (Wildman–Crippen MR) is 85.6 cm³/mol. The summed E-state index contributed by atoms with van der Waals surface area (Å²) < 4.78 is 5.38. The standard InChI is InChI=1S/C17H22N2O4/c1-10-13(15(21)23-9-17(2,3)4)14(19-16(22)18-10)11-6-5-7-12(20)8-11/h5-8,14,20H,9H2,1-4H3,(H2,18,19,22). The monoisotopic (exact) mass is 318 g/mol. The van der Waals surface area contributed by atoms with Gasteiger partial charge in [0, 0.05) is 5.70 Å². The first-order chi connectivity index (χ1) is 10.7. The summed E-state index contributed by atoms with van der Waals surface area (Å²) in [5, 5.41) is 14.9. The van der Waals surface area contributed by atoms with Gasteiger partial charge in [-0.2, -0.15) is 0 Å². The van der Waals surface area contributed by atoms with Crippen LogP contribution in [0.4, 0.5) is 4.79 Å². The molecule has 1 unspecified atom stereocenters. The number of hydrogen-bond acceptors (Lipinski definition) is 4. The zero-order valence-corrected chi connectivity index (χ0v) is 13.8. The SMILES string of the molecule is CC1=C(C(=O)OCC(C)(C)C)C(c2cccc(O)c2)NC(=O)N1. The third kappa shape index (κ3) is 4.25. The molecule has 23 heavy (non-hydrogen) atoms. The summed E-state index contributed by atoms with van der Waals surface area (Å²) in [5.74, 6) is -0.423. The fraction of sp³-hybridized carbons (Fsp3) is 0.412. The van der Waals surface area contributed by atoms with Crippen LogP contribution in [0.1, 0.15) is 39.3 Å². The lowest BCUT2D eigenvalue weighted by molar-refractivity contribution is -0.142. The van der Waals surface area contributed by atoms with Crippen LogP contribution < -0.4 is 10.6 Å². The van der Waals surface area contributed by atoms with Crippen LogP contribution in [0.2, 0.25) is 0 Å². The van der Waals surface area contributed by atoms with Crippen molar-refractivity contribution < 1.29 is 19.4 Å². The molecule has 1 aliphatic rings. The van der Waals surface area contributed by atoms with Crippen LogP contribution in [-0.2, 0) is 9.53 Å². The maximum atomic E-state index is 12.5. The van der Waals surface area contributed by atoms with Gasteiger partial charge >= 0.3 is 12.0 Å². The van der Waals surface area contributed by atoms with Gasteiger partial charge in [0.1, 0.15) is 5.75 Å². The summed E-state index contributed by atoms with van der Waals surface area (Å²) in [6, 6.07) is 5.37. The van der Waals surface area contributed by atoms with Crippen molar-refractivity contribution in [3.63, 3.8) is 0 Å². The lowest BCUT2D eigenvalue weighted by Crippen LogP contribution is -2.45. The van der Waals surface area contributed by atoms with E-state index in [9.17, 15) is 14.7 Å². The highest BCUT2D eigenvalue weighted by atomic mass is 16.5. The second kappa shape index (κ2) is 6.32. The average Bonchev–Trinajstić information content (AvgIpc) is 2.43. The number of phenolic OH excluding ortho intramolecular Hbond substituents is 1. The zero-order chi connectivity index (χ0) is 17.2. The molecule has 0 saturated heterocycles. The molecular formula is C17H22N2O4. The summed E-state index contributed by atoms with van der Waals surface area (Å²) >= 11 is 0. The van der Waals surface area contributed by atoms with Gasteiger partial charge in [0.05, 0.1) is 18.2 Å². The van der Waals surface area contributed by atoms with Crippen molar-refractivity contribution in [2.24, 2.45) is 5.41 Å². The number of allylic oxidation sites excluding steroid dienone is 1. The number of hydrogen-bond donors (Lipinski definition) is 3. The minimum Gasteiger partial charge on any atom is -0.508 e. The van der Waals surface area contributed by atoms with Crippen LogP contribution in [0.5, 0.6) is 5.75 Å². The van der Waals surface area contributed by atoms with Crippen molar-refractivity contribution in [2.75, 3.05) is 6.61 Å². The maximum Gasteiger partial charge on any atom is 0.338 e. The Morgan fingerprint density at radius 2 is 2.04 bits per heavy atom. The number of aromatic hydroxyl groups is 1. The third-order valence-electron chi connectivity index (χ3n) is 3.33. The van der Waals surface area contributed by atoms with E-state index in [2.05, 4.69) is 10.6 Å². The molecule has 6 nitrogen and oxygen atoms in total. The number of carbonyl (C=O) groups is 2. The number of benzene rings is 1. The molecule has 1 aliphatic heterocycles. The number of ether oxygens (including phenoxy) is 1. The van der Waals surface area contributed by atoms with Gasteiger partial charge in [-0.1, -0.05) is 32.9 Å². The second-order valence-corrected chi connectivity index (χ2v) is 6.80. The molecule has 0 aromatic heterocycles. The van der Waals surface area contributed by atoms with E-state index >= 15 is 0 Å². The quantitative estimate of drug-likeness (QED) is 0.748. The van der Waals surface area contributed by atoms with Crippen molar-refractivity contribution in [1.29, 1.82) is 0 Å². The highest BCUT2D eigenvalue weighted by Gasteiger charge is 2.32. The molecule has 0 radical (unpaired) electrons. The van der Waals surface area contributed by atoms with Crippen LogP contribution in [0.25, 0.3) is 0 Å². The lowest BCUT2D eigenvalue weighted by atomic mass is 9.95. The van der Waals surface area contributed by atoms with Gasteiger partial charge < -0.3 is 20.5 Å². The van der Waals surface area contributed by atoms with Crippen LogP contribution in [-0.4, -0.2) is 23.7 Å². The van der Waals surface area contributed by atoms with E-state index in [0.717, 1.165) is 0 Å². The Balaban J connectivity index is 2.33. The van der Waals surface area contributed by atoms with E-state index < -0.39 is 18.0 Å². The minimum atomic E-state index is -0.664. The molecule has 0 fully saturated rings. The Bertz CT molecular complexity index is 659. The second-order valence-electron chi connectivity index (χ2n) is 6.80. The van der Waals surface area contributed by atoms with E-state index in [1.165, 1.54) is 12.1 Å². The number of amides is 2. The fourth-order valence-corrected chi connectivity index (χ4v) is 2.28. The van der Waals surface area contributed by atoms with Crippen LogP contribution in [0, 0.1) is 5.41 Å². The summed E-state index contributed by atoms with van der Waals surface area (Å²) in [4.78, 5) is 24.3. The number of carbonyl (C=O) groups excluding carboxylic acids is 2. The van der Waals surface area contributed by atoms with Crippen molar-refractivity contribution in [2.45, 2.75) is 33.7 Å². The van der Waals surface area contributed by atoms with Crippen LogP contribution in [0.15, 0.2) is 35.5 Å². The van der Waals surface area contributed by atoms with Crippen molar-refractivity contribution in [1.82, 2.24) is 10.6 Å². The number of esters is 1. The Hall–Kier alpha value is -2.50. The highest BCUT2D eigenvalue weighted by Crippen LogP contribution is 2.29. The van der Waals surface area contributed by atoms with Crippen molar-refractivity contribution >= 4 is 12.0 Å².